The number of carboxylic acids is 1. The van der Waals surface area contributed by atoms with Crippen LogP contribution in [-0.4, -0.2) is 20.7 Å². The first kappa shape index (κ1) is 14.4. The highest BCUT2D eigenvalue weighted by Crippen LogP contribution is 2.31. The minimum Gasteiger partial charge on any atom is -0.508 e. The average molecular weight is 313 g/mol. The van der Waals surface area contributed by atoms with Crippen LogP contribution < -0.4 is 0 Å². The van der Waals surface area contributed by atoms with Gasteiger partial charge in [-0.3, -0.25) is 4.79 Å². The number of aromatic hydroxyl groups is 1. The Kier molecular flexibility index (Phi) is 3.98. The number of aliphatic carboxylic acids is 1. The molecule has 0 aliphatic rings. The van der Waals surface area contributed by atoms with E-state index in [0.717, 1.165) is 22.0 Å². The highest BCUT2D eigenvalue weighted by atomic mass is 32.1. The molecule has 0 aliphatic carbocycles. The summed E-state index contributed by atoms with van der Waals surface area (Å²) < 4.78 is 2.01. The molecule has 0 atom stereocenters. The van der Waals surface area contributed by atoms with Crippen LogP contribution in [0.5, 0.6) is 5.75 Å². The monoisotopic (exact) mass is 313 g/mol. The molecule has 0 aliphatic heterocycles. The van der Waals surface area contributed by atoms with Gasteiger partial charge >= 0.3 is 5.97 Å². The van der Waals surface area contributed by atoms with E-state index in [1.54, 1.807) is 29.5 Å². The number of phenolic OH excluding ortho intramolecular Hbond substituents is 1. The van der Waals surface area contributed by atoms with Crippen molar-refractivity contribution in [3.8, 4) is 22.0 Å². The number of benzene rings is 1. The minimum absolute atomic E-state index is 0.0761. The van der Waals surface area contributed by atoms with Gasteiger partial charge in [-0.25, -0.2) is 0 Å². The Labute approximate surface area is 131 Å². The molecule has 3 rings (SSSR count). The summed E-state index contributed by atoms with van der Waals surface area (Å²) in [6, 6.07) is 14.9. The standard InChI is InChI=1S/C17H15NO3S/c19-14-4-1-3-13(11-14)18-12(7-9-17(20)21)6-8-15(18)16-5-2-10-22-16/h1-6,8,10-11,19H,7,9H2,(H,20,21). The van der Waals surface area contributed by atoms with Crippen molar-refractivity contribution in [1.82, 2.24) is 4.57 Å². The summed E-state index contributed by atoms with van der Waals surface area (Å²) in [5, 5.41) is 20.7. The first-order valence-corrected chi connectivity index (χ1v) is 7.79. The smallest absolute Gasteiger partial charge is 0.303 e. The molecule has 0 bridgehead atoms. The first-order chi connectivity index (χ1) is 10.6. The van der Waals surface area contributed by atoms with Gasteiger partial charge in [0, 0.05) is 17.4 Å². The Balaban J connectivity index is 2.10. The van der Waals surface area contributed by atoms with Gasteiger partial charge in [0.1, 0.15) is 5.75 Å². The summed E-state index contributed by atoms with van der Waals surface area (Å²) in [7, 11) is 0. The predicted molar refractivity (Wildman–Crippen MR) is 86.7 cm³/mol. The molecule has 0 spiro atoms. The SMILES string of the molecule is O=C(O)CCc1ccc(-c2cccs2)n1-c1cccc(O)c1. The van der Waals surface area contributed by atoms with Crippen LogP contribution in [0.3, 0.4) is 0 Å². The molecule has 0 saturated carbocycles. The summed E-state index contributed by atoms with van der Waals surface area (Å²) in [5.74, 6) is -0.631. The molecule has 0 radical (unpaired) electrons. The van der Waals surface area contributed by atoms with E-state index in [4.69, 9.17) is 5.11 Å². The molecule has 2 heterocycles. The quantitative estimate of drug-likeness (QED) is 0.750. The number of carboxylic acid groups (broad SMARTS) is 1. The fraction of sp³-hybridized carbons (Fsp3) is 0.118. The van der Waals surface area contributed by atoms with Gasteiger partial charge in [0.15, 0.2) is 0 Å². The highest BCUT2D eigenvalue weighted by Gasteiger charge is 2.14. The number of aryl methyl sites for hydroxylation is 1. The number of rotatable bonds is 5. The maximum absolute atomic E-state index is 10.9. The van der Waals surface area contributed by atoms with E-state index in [1.165, 1.54) is 0 Å². The topological polar surface area (TPSA) is 62.5 Å². The number of carbonyl (C=O) groups is 1. The zero-order chi connectivity index (χ0) is 15.5. The number of hydrogen-bond donors (Lipinski definition) is 2. The van der Waals surface area contributed by atoms with E-state index >= 15 is 0 Å². The second-order valence-electron chi connectivity index (χ2n) is 4.94. The lowest BCUT2D eigenvalue weighted by Crippen LogP contribution is -2.05. The fourth-order valence-electron chi connectivity index (χ4n) is 2.46. The lowest BCUT2D eigenvalue weighted by Gasteiger charge is -2.13. The lowest BCUT2D eigenvalue weighted by atomic mass is 10.2. The summed E-state index contributed by atoms with van der Waals surface area (Å²) in [6.45, 7) is 0. The molecule has 0 saturated heterocycles. The van der Waals surface area contributed by atoms with Crippen LogP contribution in [0.2, 0.25) is 0 Å². The molecular formula is C17H15NO3S. The number of thiophene rings is 1. The summed E-state index contributed by atoms with van der Waals surface area (Å²) >= 11 is 1.63. The van der Waals surface area contributed by atoms with Crippen molar-refractivity contribution in [3.63, 3.8) is 0 Å². The molecule has 2 aromatic heterocycles. The third-order valence-electron chi connectivity index (χ3n) is 3.42. The van der Waals surface area contributed by atoms with Gasteiger partial charge in [-0.05, 0) is 42.1 Å². The van der Waals surface area contributed by atoms with Crippen molar-refractivity contribution in [1.29, 1.82) is 0 Å². The maximum Gasteiger partial charge on any atom is 0.303 e. The van der Waals surface area contributed by atoms with Gasteiger partial charge < -0.3 is 14.8 Å². The predicted octanol–water partition coefficient (Wildman–Crippen LogP) is 3.93. The zero-order valence-electron chi connectivity index (χ0n) is 11.8. The Morgan fingerprint density at radius 3 is 2.68 bits per heavy atom. The van der Waals surface area contributed by atoms with Crippen molar-refractivity contribution in [2.75, 3.05) is 0 Å². The molecule has 5 heteroatoms. The van der Waals surface area contributed by atoms with Gasteiger partial charge in [-0.1, -0.05) is 12.1 Å². The van der Waals surface area contributed by atoms with Crippen molar-refractivity contribution >= 4 is 17.3 Å². The maximum atomic E-state index is 10.9. The Hall–Kier alpha value is -2.53. The van der Waals surface area contributed by atoms with Crippen LogP contribution >= 0.6 is 11.3 Å². The number of phenols is 1. The molecule has 4 nitrogen and oxygen atoms in total. The number of hydrogen-bond acceptors (Lipinski definition) is 3. The Bertz CT molecular complexity index is 790. The zero-order valence-corrected chi connectivity index (χ0v) is 12.6. The van der Waals surface area contributed by atoms with Gasteiger partial charge in [0.2, 0.25) is 0 Å². The van der Waals surface area contributed by atoms with E-state index in [1.807, 2.05) is 40.3 Å². The van der Waals surface area contributed by atoms with E-state index in [9.17, 15) is 9.90 Å². The summed E-state index contributed by atoms with van der Waals surface area (Å²) in [6.07, 6.45) is 0.517. The largest absolute Gasteiger partial charge is 0.508 e. The van der Waals surface area contributed by atoms with Gasteiger partial charge in [0.05, 0.1) is 17.0 Å². The second kappa shape index (κ2) is 6.07. The van der Waals surface area contributed by atoms with Crippen LogP contribution in [0.4, 0.5) is 0 Å². The molecular weight excluding hydrogens is 298 g/mol. The van der Waals surface area contributed by atoms with E-state index in [2.05, 4.69) is 0 Å². The third kappa shape index (κ3) is 2.89. The highest BCUT2D eigenvalue weighted by molar-refractivity contribution is 7.13. The molecule has 3 aromatic rings. The van der Waals surface area contributed by atoms with E-state index in [-0.39, 0.29) is 12.2 Å². The summed E-state index contributed by atoms with van der Waals surface area (Å²) in [5.41, 5.74) is 2.74. The van der Waals surface area contributed by atoms with Gasteiger partial charge in [-0.2, -0.15) is 0 Å². The van der Waals surface area contributed by atoms with Crippen LogP contribution in [0, 0.1) is 0 Å². The van der Waals surface area contributed by atoms with Crippen molar-refractivity contribution in [2.24, 2.45) is 0 Å². The minimum atomic E-state index is -0.818. The van der Waals surface area contributed by atoms with Gasteiger partial charge in [0.25, 0.3) is 0 Å². The van der Waals surface area contributed by atoms with E-state index < -0.39 is 5.97 Å². The third-order valence-corrected chi connectivity index (χ3v) is 4.31. The Morgan fingerprint density at radius 2 is 2.00 bits per heavy atom. The van der Waals surface area contributed by atoms with Gasteiger partial charge in [-0.15, -0.1) is 11.3 Å². The first-order valence-electron chi connectivity index (χ1n) is 6.91. The molecule has 2 N–H and O–H groups in total. The van der Waals surface area contributed by atoms with Crippen LogP contribution in [0.25, 0.3) is 16.3 Å². The average Bonchev–Trinajstić information content (AvgIpc) is 3.14. The number of aromatic nitrogens is 1. The molecule has 112 valence electrons. The summed E-state index contributed by atoms with van der Waals surface area (Å²) in [4.78, 5) is 12.0. The molecule has 1 aromatic carbocycles. The fourth-order valence-corrected chi connectivity index (χ4v) is 3.20. The molecule has 22 heavy (non-hydrogen) atoms. The van der Waals surface area contributed by atoms with Crippen molar-refractivity contribution < 1.29 is 15.0 Å². The number of nitrogens with zero attached hydrogens (tertiary/aromatic N) is 1. The van der Waals surface area contributed by atoms with Crippen LogP contribution in [0.15, 0.2) is 53.9 Å². The molecule has 0 unspecified atom stereocenters. The lowest BCUT2D eigenvalue weighted by molar-refractivity contribution is -0.136. The van der Waals surface area contributed by atoms with E-state index in [0.29, 0.717) is 6.42 Å². The second-order valence-corrected chi connectivity index (χ2v) is 5.88. The molecule has 0 amide bonds. The normalized spacial score (nSPS) is 10.7. The van der Waals surface area contributed by atoms with Crippen LogP contribution in [0.1, 0.15) is 12.1 Å². The Morgan fingerprint density at radius 1 is 1.14 bits per heavy atom. The van der Waals surface area contributed by atoms with Crippen LogP contribution in [-0.2, 0) is 11.2 Å². The van der Waals surface area contributed by atoms with Crippen molar-refractivity contribution in [3.05, 3.63) is 59.6 Å². The van der Waals surface area contributed by atoms with Crippen molar-refractivity contribution in [2.45, 2.75) is 12.8 Å². The molecule has 0 fully saturated rings.